The van der Waals surface area contributed by atoms with E-state index in [9.17, 15) is 9.50 Å². The molecule has 1 heterocycles. The molecule has 0 aromatic heterocycles. The summed E-state index contributed by atoms with van der Waals surface area (Å²) in [5, 5.41) is 14.3. The lowest BCUT2D eigenvalue weighted by Gasteiger charge is -2.32. The molecule has 3 nitrogen and oxygen atoms in total. The number of halogens is 1. The van der Waals surface area contributed by atoms with E-state index in [-0.39, 0.29) is 11.2 Å². The van der Waals surface area contributed by atoms with Gasteiger partial charge in [0.05, 0.1) is 5.60 Å². The smallest absolute Gasteiger partial charge is 0.127 e. The average molecular weight is 381 g/mol. The van der Waals surface area contributed by atoms with E-state index in [2.05, 4.69) is 41.4 Å². The minimum atomic E-state index is -0.660. The van der Waals surface area contributed by atoms with Crippen molar-refractivity contribution in [3.63, 3.8) is 0 Å². The number of anilines is 1. The molecule has 1 unspecified atom stereocenters. The van der Waals surface area contributed by atoms with Crippen molar-refractivity contribution in [1.82, 2.24) is 4.90 Å². The van der Waals surface area contributed by atoms with E-state index in [1.807, 2.05) is 13.1 Å². The number of benzene rings is 2. The maximum Gasteiger partial charge on any atom is 0.127 e. The van der Waals surface area contributed by atoms with E-state index in [1.165, 1.54) is 11.1 Å². The highest BCUT2D eigenvalue weighted by atomic mass is 19.1. The zero-order valence-electron chi connectivity index (χ0n) is 16.7. The van der Waals surface area contributed by atoms with Crippen LogP contribution in [0.2, 0.25) is 0 Å². The summed E-state index contributed by atoms with van der Waals surface area (Å²) in [5.41, 5.74) is 3.72. The molecule has 5 rings (SSSR count). The standard InChI is InChI=1S/C24H29FN2O/c1-3-24(19-10-18(26-2)8-9-22(19)25)20-13-27(14-21(20)24)15-23(28)11-16-6-4-5-7-17(16)12-23/h4-10,20-21,26,28H,3,11-15H2,1-2H3/t20-,21+,24?. The van der Waals surface area contributed by atoms with Crippen LogP contribution in [0.15, 0.2) is 42.5 Å². The van der Waals surface area contributed by atoms with E-state index in [0.29, 0.717) is 18.4 Å². The summed E-state index contributed by atoms with van der Waals surface area (Å²) < 4.78 is 14.7. The fraction of sp³-hybridized carbons (Fsp3) is 0.500. The van der Waals surface area contributed by atoms with Crippen LogP contribution >= 0.6 is 0 Å². The lowest BCUT2D eigenvalue weighted by atomic mass is 9.86. The predicted octanol–water partition coefficient (Wildman–Crippen LogP) is 3.61. The number of nitrogens with zero attached hydrogens (tertiary/aromatic N) is 1. The topological polar surface area (TPSA) is 35.5 Å². The van der Waals surface area contributed by atoms with Crippen LogP contribution < -0.4 is 5.32 Å². The third-order valence-electron chi connectivity index (χ3n) is 7.63. The molecule has 2 aromatic carbocycles. The first-order valence-electron chi connectivity index (χ1n) is 10.5. The fourth-order valence-corrected chi connectivity index (χ4v) is 6.30. The van der Waals surface area contributed by atoms with Crippen molar-refractivity contribution in [2.75, 3.05) is 32.0 Å². The largest absolute Gasteiger partial charge is 0.388 e. The van der Waals surface area contributed by atoms with Gasteiger partial charge in [0.15, 0.2) is 0 Å². The van der Waals surface area contributed by atoms with E-state index in [4.69, 9.17) is 0 Å². The van der Waals surface area contributed by atoms with Gasteiger partial charge in [-0.1, -0.05) is 31.2 Å². The summed E-state index contributed by atoms with van der Waals surface area (Å²) in [6.45, 7) is 4.82. The highest BCUT2D eigenvalue weighted by Crippen LogP contribution is 2.66. The molecule has 148 valence electrons. The quantitative estimate of drug-likeness (QED) is 0.832. The maximum absolute atomic E-state index is 14.7. The van der Waals surface area contributed by atoms with Crippen LogP contribution in [0.1, 0.15) is 30.0 Å². The van der Waals surface area contributed by atoms with Crippen LogP contribution in [-0.4, -0.2) is 42.3 Å². The Balaban J connectivity index is 1.30. The zero-order chi connectivity index (χ0) is 19.5. The molecule has 0 radical (unpaired) electrons. The average Bonchev–Trinajstić information content (AvgIpc) is 2.96. The molecule has 2 aliphatic carbocycles. The van der Waals surface area contributed by atoms with Crippen molar-refractivity contribution in [3.8, 4) is 0 Å². The third-order valence-corrected chi connectivity index (χ3v) is 7.63. The van der Waals surface area contributed by atoms with E-state index >= 15 is 0 Å². The second-order valence-corrected chi connectivity index (χ2v) is 9.09. The molecule has 4 heteroatoms. The van der Waals surface area contributed by atoms with Crippen LogP contribution in [0.3, 0.4) is 0 Å². The van der Waals surface area contributed by atoms with Gasteiger partial charge in [0.1, 0.15) is 5.82 Å². The molecule has 2 aromatic rings. The van der Waals surface area contributed by atoms with E-state index in [1.54, 1.807) is 12.1 Å². The lowest BCUT2D eigenvalue weighted by Crippen LogP contribution is -2.45. The fourth-order valence-electron chi connectivity index (χ4n) is 6.30. The number of β-amino-alcohol motifs (C(OH)–C–C–N with tert-alkyl or cyclic N) is 1. The second-order valence-electron chi connectivity index (χ2n) is 9.09. The van der Waals surface area contributed by atoms with Gasteiger partial charge in [-0.2, -0.15) is 0 Å². The molecule has 0 bridgehead atoms. The number of rotatable bonds is 5. The van der Waals surface area contributed by atoms with Gasteiger partial charge in [0.25, 0.3) is 0 Å². The summed E-state index contributed by atoms with van der Waals surface area (Å²) in [4.78, 5) is 2.41. The van der Waals surface area contributed by atoms with Gasteiger partial charge >= 0.3 is 0 Å². The summed E-state index contributed by atoms with van der Waals surface area (Å²) in [6.07, 6.45) is 2.45. The molecule has 2 N–H and O–H groups in total. The molecule has 3 aliphatic rings. The Morgan fingerprint density at radius 3 is 2.32 bits per heavy atom. The highest BCUT2D eigenvalue weighted by Gasteiger charge is 2.68. The van der Waals surface area contributed by atoms with Gasteiger partial charge in [0.2, 0.25) is 0 Å². The number of aliphatic hydroxyl groups is 1. The minimum absolute atomic E-state index is 0.0330. The number of likely N-dealkylation sites (tertiary alicyclic amines) is 1. The molecule has 0 spiro atoms. The summed E-state index contributed by atoms with van der Waals surface area (Å²) in [5.74, 6) is 0.907. The number of hydrogen-bond acceptors (Lipinski definition) is 3. The van der Waals surface area contributed by atoms with Gasteiger partial charge in [0, 0.05) is 50.6 Å². The highest BCUT2D eigenvalue weighted by molar-refractivity contribution is 5.51. The SMILES string of the molecule is CCC1(c2cc(NC)ccc2F)[C@@H]2CN(CC3(O)Cc4ccccc4C3)C[C@@H]21. The van der Waals surface area contributed by atoms with Crippen molar-refractivity contribution in [2.24, 2.45) is 11.8 Å². The number of fused-ring (bicyclic) bond motifs is 2. The normalized spacial score (nSPS) is 30.1. The van der Waals surface area contributed by atoms with E-state index in [0.717, 1.165) is 43.6 Å². The molecule has 1 saturated heterocycles. The van der Waals surface area contributed by atoms with E-state index < -0.39 is 5.60 Å². The van der Waals surface area contributed by atoms with Crippen molar-refractivity contribution in [1.29, 1.82) is 0 Å². The van der Waals surface area contributed by atoms with Crippen molar-refractivity contribution in [3.05, 3.63) is 65.0 Å². The van der Waals surface area contributed by atoms with Crippen LogP contribution in [0.4, 0.5) is 10.1 Å². The van der Waals surface area contributed by atoms with Crippen molar-refractivity contribution in [2.45, 2.75) is 37.2 Å². The van der Waals surface area contributed by atoms with Gasteiger partial charge in [-0.25, -0.2) is 4.39 Å². The lowest BCUT2D eigenvalue weighted by molar-refractivity contribution is 0.0138. The minimum Gasteiger partial charge on any atom is -0.388 e. The Hall–Kier alpha value is -1.91. The predicted molar refractivity (Wildman–Crippen MR) is 110 cm³/mol. The molecule has 3 atom stereocenters. The molecule has 28 heavy (non-hydrogen) atoms. The van der Waals surface area contributed by atoms with Gasteiger partial charge in [-0.05, 0) is 53.1 Å². The summed E-state index contributed by atoms with van der Waals surface area (Å²) in [7, 11) is 1.88. The van der Waals surface area contributed by atoms with Gasteiger partial charge < -0.3 is 10.4 Å². The zero-order valence-corrected chi connectivity index (χ0v) is 16.7. The Bertz CT molecular complexity index is 874. The second kappa shape index (κ2) is 6.30. The Morgan fingerprint density at radius 1 is 1.11 bits per heavy atom. The number of nitrogens with one attached hydrogen (secondary N) is 1. The maximum atomic E-state index is 14.7. The third kappa shape index (κ3) is 2.61. The van der Waals surface area contributed by atoms with Crippen LogP contribution in [0.5, 0.6) is 0 Å². The first kappa shape index (κ1) is 18.1. The monoisotopic (exact) mass is 380 g/mol. The number of hydrogen-bond donors (Lipinski definition) is 2. The van der Waals surface area contributed by atoms with Crippen LogP contribution in [0.25, 0.3) is 0 Å². The molecule has 1 saturated carbocycles. The summed E-state index contributed by atoms with van der Waals surface area (Å²) >= 11 is 0. The molecular formula is C24H29FN2O. The first-order valence-corrected chi connectivity index (χ1v) is 10.5. The van der Waals surface area contributed by atoms with Crippen LogP contribution in [-0.2, 0) is 18.3 Å². The molecular weight excluding hydrogens is 351 g/mol. The molecule has 2 fully saturated rings. The van der Waals surface area contributed by atoms with Crippen molar-refractivity contribution >= 4 is 5.69 Å². The molecule has 0 amide bonds. The Kier molecular flexibility index (Phi) is 4.08. The van der Waals surface area contributed by atoms with Crippen LogP contribution in [0, 0.1) is 17.7 Å². The van der Waals surface area contributed by atoms with Gasteiger partial charge in [-0.3, -0.25) is 4.90 Å². The van der Waals surface area contributed by atoms with Crippen molar-refractivity contribution < 1.29 is 9.50 Å². The Labute approximate surface area is 166 Å². The summed E-state index contributed by atoms with van der Waals surface area (Å²) in [6, 6.07) is 13.8. The van der Waals surface area contributed by atoms with Gasteiger partial charge in [-0.15, -0.1) is 0 Å². The first-order chi connectivity index (χ1) is 13.5. The molecule has 1 aliphatic heterocycles. The Morgan fingerprint density at radius 2 is 1.75 bits per heavy atom. The number of piperidine rings is 1.